The molecule has 1 heterocycles. The zero-order valence-corrected chi connectivity index (χ0v) is 14.0. The summed E-state index contributed by atoms with van der Waals surface area (Å²) >= 11 is 1.76. The first-order valence-electron chi connectivity index (χ1n) is 8.04. The van der Waals surface area contributed by atoms with Gasteiger partial charge in [0, 0.05) is 24.5 Å². The number of hydrogen-bond donors (Lipinski definition) is 3. The lowest BCUT2D eigenvalue weighted by Gasteiger charge is -2.23. The van der Waals surface area contributed by atoms with Gasteiger partial charge in [-0.15, -0.1) is 11.3 Å². The van der Waals surface area contributed by atoms with E-state index in [1.54, 1.807) is 18.4 Å². The highest BCUT2D eigenvalue weighted by molar-refractivity contribution is 7.09. The van der Waals surface area contributed by atoms with Crippen molar-refractivity contribution in [2.75, 3.05) is 20.1 Å². The maximum absolute atomic E-state index is 11.9. The second-order valence-electron chi connectivity index (χ2n) is 5.58. The van der Waals surface area contributed by atoms with Gasteiger partial charge in [0.25, 0.3) is 0 Å². The third-order valence-electron chi connectivity index (χ3n) is 3.85. The highest BCUT2D eigenvalue weighted by Gasteiger charge is 2.15. The first-order chi connectivity index (χ1) is 10.8. The minimum Gasteiger partial charge on any atom is -0.356 e. The Morgan fingerprint density at radius 3 is 2.82 bits per heavy atom. The van der Waals surface area contributed by atoms with Crippen LogP contribution in [0.2, 0.25) is 0 Å². The van der Waals surface area contributed by atoms with E-state index in [4.69, 9.17) is 0 Å². The van der Waals surface area contributed by atoms with E-state index < -0.39 is 0 Å². The van der Waals surface area contributed by atoms with Crippen LogP contribution in [0, 0.1) is 0 Å². The lowest BCUT2D eigenvalue weighted by molar-refractivity contribution is -0.120. The van der Waals surface area contributed by atoms with E-state index in [0.717, 1.165) is 25.8 Å². The molecule has 1 aliphatic rings. The van der Waals surface area contributed by atoms with Crippen LogP contribution >= 0.6 is 11.3 Å². The van der Waals surface area contributed by atoms with Crippen molar-refractivity contribution in [1.82, 2.24) is 16.0 Å². The second kappa shape index (κ2) is 9.46. The number of aliphatic imine (C=N–C) groups is 1. The Morgan fingerprint density at radius 2 is 2.14 bits per heavy atom. The van der Waals surface area contributed by atoms with Gasteiger partial charge in [0.1, 0.15) is 0 Å². The Balaban J connectivity index is 1.61. The van der Waals surface area contributed by atoms with Crippen LogP contribution < -0.4 is 16.0 Å². The van der Waals surface area contributed by atoms with Crippen molar-refractivity contribution >= 4 is 23.2 Å². The maximum Gasteiger partial charge on any atom is 0.239 e. The van der Waals surface area contributed by atoms with Crippen LogP contribution in [0.5, 0.6) is 0 Å². The molecular weight excluding hydrogens is 296 g/mol. The third kappa shape index (κ3) is 6.05. The molecule has 2 rings (SSSR count). The molecule has 1 aromatic rings. The number of guanidine groups is 1. The van der Waals surface area contributed by atoms with Gasteiger partial charge < -0.3 is 16.0 Å². The van der Waals surface area contributed by atoms with Crippen molar-refractivity contribution in [1.29, 1.82) is 0 Å². The van der Waals surface area contributed by atoms with Crippen LogP contribution in [-0.4, -0.2) is 38.0 Å². The summed E-state index contributed by atoms with van der Waals surface area (Å²) in [6.45, 7) is 1.08. The molecule has 0 saturated heterocycles. The van der Waals surface area contributed by atoms with Crippen LogP contribution in [0.4, 0.5) is 0 Å². The molecule has 0 bridgehead atoms. The molecule has 5 nitrogen and oxygen atoms in total. The number of rotatable bonds is 6. The van der Waals surface area contributed by atoms with Crippen molar-refractivity contribution in [3.05, 3.63) is 22.4 Å². The van der Waals surface area contributed by atoms with Crippen LogP contribution in [0.15, 0.2) is 22.5 Å². The first-order valence-corrected chi connectivity index (χ1v) is 8.92. The smallest absolute Gasteiger partial charge is 0.239 e. The molecular formula is C16H26N4OS. The molecule has 0 aliphatic heterocycles. The molecule has 1 aromatic heterocycles. The van der Waals surface area contributed by atoms with E-state index in [1.165, 1.54) is 24.1 Å². The van der Waals surface area contributed by atoms with E-state index in [1.807, 2.05) is 0 Å². The van der Waals surface area contributed by atoms with Gasteiger partial charge in [0.15, 0.2) is 5.96 Å². The van der Waals surface area contributed by atoms with E-state index >= 15 is 0 Å². The predicted molar refractivity (Wildman–Crippen MR) is 92.4 cm³/mol. The van der Waals surface area contributed by atoms with Crippen LogP contribution in [-0.2, 0) is 11.2 Å². The van der Waals surface area contributed by atoms with Crippen LogP contribution in [0.1, 0.15) is 37.0 Å². The van der Waals surface area contributed by atoms with Gasteiger partial charge in [-0.1, -0.05) is 25.3 Å². The van der Waals surface area contributed by atoms with Crippen molar-refractivity contribution in [2.45, 2.75) is 44.6 Å². The largest absolute Gasteiger partial charge is 0.356 e. The zero-order chi connectivity index (χ0) is 15.6. The number of carbonyl (C=O) groups excluding carboxylic acids is 1. The maximum atomic E-state index is 11.9. The number of hydrogen-bond acceptors (Lipinski definition) is 3. The highest BCUT2D eigenvalue weighted by atomic mass is 32.1. The van der Waals surface area contributed by atoms with Gasteiger partial charge in [0.2, 0.25) is 5.91 Å². The summed E-state index contributed by atoms with van der Waals surface area (Å²) in [6, 6.07) is 4.54. The summed E-state index contributed by atoms with van der Waals surface area (Å²) in [4.78, 5) is 17.4. The fraction of sp³-hybridized carbons (Fsp3) is 0.625. The summed E-state index contributed by atoms with van der Waals surface area (Å²) in [5.74, 6) is 0.725. The molecule has 0 spiro atoms. The van der Waals surface area contributed by atoms with E-state index in [2.05, 4.69) is 38.5 Å². The average Bonchev–Trinajstić information content (AvgIpc) is 3.05. The molecule has 0 atom stereocenters. The number of nitrogens with one attached hydrogen (secondary N) is 3. The van der Waals surface area contributed by atoms with Crippen molar-refractivity contribution in [3.8, 4) is 0 Å². The molecule has 1 amide bonds. The van der Waals surface area contributed by atoms with Gasteiger partial charge in [-0.3, -0.25) is 9.79 Å². The van der Waals surface area contributed by atoms with Crippen LogP contribution in [0.3, 0.4) is 0 Å². The van der Waals surface area contributed by atoms with Gasteiger partial charge in [-0.05, 0) is 30.7 Å². The number of thiophene rings is 1. The Hall–Kier alpha value is -1.56. The molecule has 122 valence electrons. The quantitative estimate of drug-likeness (QED) is 0.554. The van der Waals surface area contributed by atoms with Gasteiger partial charge in [-0.25, -0.2) is 0 Å². The molecule has 1 aliphatic carbocycles. The SMILES string of the molecule is CN=C(NCCc1cccs1)NCC(=O)NC1CCCCC1. The summed E-state index contributed by atoms with van der Waals surface area (Å²) in [5, 5.41) is 11.5. The van der Waals surface area contributed by atoms with E-state index in [9.17, 15) is 4.79 Å². The summed E-state index contributed by atoms with van der Waals surface area (Å²) < 4.78 is 0. The van der Waals surface area contributed by atoms with E-state index in [0.29, 0.717) is 12.0 Å². The molecule has 0 aromatic carbocycles. The molecule has 1 fully saturated rings. The summed E-state index contributed by atoms with van der Waals surface area (Å²) in [5.41, 5.74) is 0. The fourth-order valence-electron chi connectivity index (χ4n) is 2.67. The van der Waals surface area contributed by atoms with Gasteiger partial charge in [-0.2, -0.15) is 0 Å². The van der Waals surface area contributed by atoms with E-state index in [-0.39, 0.29) is 12.5 Å². The molecule has 1 saturated carbocycles. The normalized spacial score (nSPS) is 16.3. The Bertz CT molecular complexity index is 467. The second-order valence-corrected chi connectivity index (χ2v) is 6.62. The van der Waals surface area contributed by atoms with Gasteiger partial charge >= 0.3 is 0 Å². The minimum atomic E-state index is 0.0492. The summed E-state index contributed by atoms with van der Waals surface area (Å²) in [6.07, 6.45) is 6.94. The predicted octanol–water partition coefficient (Wildman–Crippen LogP) is 1.90. The summed E-state index contributed by atoms with van der Waals surface area (Å²) in [7, 11) is 1.72. The zero-order valence-electron chi connectivity index (χ0n) is 13.2. The van der Waals surface area contributed by atoms with Crippen molar-refractivity contribution < 1.29 is 4.79 Å². The standard InChI is InChI=1S/C16H26N4OS/c1-17-16(18-10-9-14-8-5-11-22-14)19-12-15(21)20-13-6-3-2-4-7-13/h5,8,11,13H,2-4,6-7,9-10,12H2,1H3,(H,20,21)(H2,17,18,19). The molecule has 0 unspecified atom stereocenters. The lowest BCUT2D eigenvalue weighted by Crippen LogP contribution is -2.46. The highest BCUT2D eigenvalue weighted by Crippen LogP contribution is 2.17. The third-order valence-corrected chi connectivity index (χ3v) is 4.79. The van der Waals surface area contributed by atoms with Gasteiger partial charge in [0.05, 0.1) is 6.54 Å². The monoisotopic (exact) mass is 322 g/mol. The molecule has 6 heteroatoms. The Labute approximate surface area is 136 Å². The number of carbonyl (C=O) groups is 1. The first kappa shape index (κ1) is 16.8. The Kier molecular flexibility index (Phi) is 7.22. The lowest BCUT2D eigenvalue weighted by atomic mass is 9.95. The fourth-order valence-corrected chi connectivity index (χ4v) is 3.38. The van der Waals surface area contributed by atoms with Crippen molar-refractivity contribution in [3.63, 3.8) is 0 Å². The number of amides is 1. The average molecular weight is 322 g/mol. The molecule has 0 radical (unpaired) electrons. The Morgan fingerprint density at radius 1 is 1.32 bits per heavy atom. The van der Waals surface area contributed by atoms with Crippen LogP contribution in [0.25, 0.3) is 0 Å². The number of nitrogens with zero attached hydrogens (tertiary/aromatic N) is 1. The minimum absolute atomic E-state index is 0.0492. The molecule has 3 N–H and O–H groups in total. The van der Waals surface area contributed by atoms with Crippen molar-refractivity contribution in [2.24, 2.45) is 4.99 Å². The topological polar surface area (TPSA) is 65.5 Å². The molecule has 22 heavy (non-hydrogen) atoms.